The van der Waals surface area contributed by atoms with Crippen molar-refractivity contribution in [1.82, 2.24) is 5.01 Å². The number of carbonyl (C=O) groups is 3. The van der Waals surface area contributed by atoms with Gasteiger partial charge in [0, 0.05) is 35.7 Å². The second-order valence-electron chi connectivity index (χ2n) is 7.75. The summed E-state index contributed by atoms with van der Waals surface area (Å²) in [5, 5.41) is 8.76. The first-order valence-electron chi connectivity index (χ1n) is 10.8. The molecule has 1 unspecified atom stereocenters. The van der Waals surface area contributed by atoms with Gasteiger partial charge in [0.25, 0.3) is 5.91 Å². The lowest BCUT2D eigenvalue weighted by Crippen LogP contribution is -2.26. The SMILES string of the molecule is COc1cccc(C2OC(c3ccc(NC(=O)c4cccc(Cl)c4)cc3)=NN2C(C)=O)c1OC(C)=O. The molecule has 4 rings (SSSR count). The molecule has 0 saturated heterocycles. The number of carbonyl (C=O) groups excluding carboxylic acids is 3. The van der Waals surface area contributed by atoms with Gasteiger partial charge < -0.3 is 19.5 Å². The number of nitrogens with one attached hydrogen (secondary N) is 1. The van der Waals surface area contributed by atoms with Crippen molar-refractivity contribution in [3.63, 3.8) is 0 Å². The summed E-state index contributed by atoms with van der Waals surface area (Å²) in [7, 11) is 1.44. The summed E-state index contributed by atoms with van der Waals surface area (Å²) in [5.74, 6) is -0.609. The smallest absolute Gasteiger partial charge is 0.308 e. The van der Waals surface area contributed by atoms with Gasteiger partial charge in [0.05, 0.1) is 12.7 Å². The summed E-state index contributed by atoms with van der Waals surface area (Å²) >= 11 is 5.96. The number of hydrazone groups is 1. The molecule has 2 amide bonds. The molecule has 1 aliphatic heterocycles. The van der Waals surface area contributed by atoms with Crippen LogP contribution >= 0.6 is 11.6 Å². The zero-order valence-electron chi connectivity index (χ0n) is 19.7. The quantitative estimate of drug-likeness (QED) is 0.380. The number of para-hydroxylation sites is 1. The summed E-state index contributed by atoms with van der Waals surface area (Å²) in [6.45, 7) is 2.62. The fraction of sp³-hybridized carbons (Fsp3) is 0.154. The second kappa shape index (κ2) is 10.5. The van der Waals surface area contributed by atoms with Crippen LogP contribution in [0.1, 0.15) is 41.6 Å². The lowest BCUT2D eigenvalue weighted by molar-refractivity contribution is -0.135. The molecular weight excluding hydrogens is 486 g/mol. The Labute approximate surface area is 212 Å². The fourth-order valence-electron chi connectivity index (χ4n) is 3.56. The normalized spacial score (nSPS) is 14.5. The lowest BCUT2D eigenvalue weighted by Gasteiger charge is -2.22. The van der Waals surface area contributed by atoms with Gasteiger partial charge in [-0.3, -0.25) is 14.4 Å². The minimum absolute atomic E-state index is 0.138. The molecule has 0 aromatic heterocycles. The number of esters is 1. The molecule has 0 aliphatic carbocycles. The maximum Gasteiger partial charge on any atom is 0.308 e. The zero-order chi connectivity index (χ0) is 25.8. The number of nitrogens with zero attached hydrogens (tertiary/aromatic N) is 2. The van der Waals surface area contributed by atoms with Crippen LogP contribution in [0, 0.1) is 0 Å². The van der Waals surface area contributed by atoms with E-state index in [0.29, 0.717) is 33.1 Å². The van der Waals surface area contributed by atoms with Crippen LogP contribution < -0.4 is 14.8 Å². The first-order chi connectivity index (χ1) is 17.3. The van der Waals surface area contributed by atoms with Crippen LogP contribution in [-0.4, -0.2) is 35.8 Å². The Morgan fingerprint density at radius 1 is 1.03 bits per heavy atom. The van der Waals surface area contributed by atoms with Crippen LogP contribution in [-0.2, 0) is 14.3 Å². The Morgan fingerprint density at radius 3 is 2.39 bits per heavy atom. The van der Waals surface area contributed by atoms with Crippen molar-refractivity contribution in [3.05, 3.63) is 88.4 Å². The van der Waals surface area contributed by atoms with Crippen LogP contribution in [0.4, 0.5) is 5.69 Å². The molecule has 0 spiro atoms. The number of halogens is 1. The molecule has 184 valence electrons. The first-order valence-corrected chi connectivity index (χ1v) is 11.2. The van der Waals surface area contributed by atoms with Crippen LogP contribution in [0.15, 0.2) is 71.8 Å². The van der Waals surface area contributed by atoms with Crippen LogP contribution in [0.2, 0.25) is 5.02 Å². The van der Waals surface area contributed by atoms with Crippen LogP contribution in [0.5, 0.6) is 11.5 Å². The summed E-state index contributed by atoms with van der Waals surface area (Å²) in [6.07, 6.45) is -0.982. The van der Waals surface area contributed by atoms with E-state index in [-0.39, 0.29) is 23.5 Å². The van der Waals surface area contributed by atoms with Crippen molar-refractivity contribution >= 4 is 41.0 Å². The molecule has 10 heteroatoms. The highest BCUT2D eigenvalue weighted by Crippen LogP contribution is 2.40. The summed E-state index contributed by atoms with van der Waals surface area (Å²) in [6, 6.07) is 18.4. The molecule has 1 aliphatic rings. The Bertz CT molecular complexity index is 1360. The van der Waals surface area contributed by atoms with E-state index in [2.05, 4.69) is 10.4 Å². The van der Waals surface area contributed by atoms with Crippen molar-refractivity contribution in [2.24, 2.45) is 5.10 Å². The summed E-state index contributed by atoms with van der Waals surface area (Å²) in [4.78, 5) is 36.5. The van der Waals surface area contributed by atoms with E-state index in [0.717, 1.165) is 5.01 Å². The lowest BCUT2D eigenvalue weighted by atomic mass is 10.1. The van der Waals surface area contributed by atoms with E-state index in [1.807, 2.05) is 0 Å². The number of amides is 2. The fourth-order valence-corrected chi connectivity index (χ4v) is 3.75. The average Bonchev–Trinajstić information content (AvgIpc) is 3.30. The minimum Gasteiger partial charge on any atom is -0.493 e. The summed E-state index contributed by atoms with van der Waals surface area (Å²) in [5.41, 5.74) is 1.94. The molecular formula is C26H22ClN3O6. The monoisotopic (exact) mass is 507 g/mol. The third-order valence-electron chi connectivity index (χ3n) is 5.18. The number of benzene rings is 3. The highest BCUT2D eigenvalue weighted by Gasteiger charge is 2.36. The third-order valence-corrected chi connectivity index (χ3v) is 5.42. The Kier molecular flexibility index (Phi) is 7.21. The zero-order valence-corrected chi connectivity index (χ0v) is 20.4. The van der Waals surface area contributed by atoms with Gasteiger partial charge in [0.1, 0.15) is 0 Å². The number of rotatable bonds is 6. The van der Waals surface area contributed by atoms with Gasteiger partial charge in [0.15, 0.2) is 11.5 Å². The maximum atomic E-state index is 12.5. The van der Waals surface area contributed by atoms with Crippen molar-refractivity contribution in [2.75, 3.05) is 12.4 Å². The van der Waals surface area contributed by atoms with Crippen molar-refractivity contribution in [2.45, 2.75) is 20.1 Å². The van der Waals surface area contributed by atoms with Gasteiger partial charge in [0.2, 0.25) is 18.0 Å². The van der Waals surface area contributed by atoms with E-state index in [1.54, 1.807) is 66.7 Å². The van der Waals surface area contributed by atoms with Gasteiger partial charge in [-0.15, -0.1) is 5.10 Å². The number of methoxy groups -OCH3 is 1. The average molecular weight is 508 g/mol. The van der Waals surface area contributed by atoms with Gasteiger partial charge in [-0.1, -0.05) is 23.7 Å². The predicted octanol–water partition coefficient (Wildman–Crippen LogP) is 4.77. The number of ether oxygens (including phenoxy) is 3. The van der Waals surface area contributed by atoms with Crippen LogP contribution in [0.25, 0.3) is 0 Å². The topological polar surface area (TPSA) is 107 Å². The van der Waals surface area contributed by atoms with Crippen molar-refractivity contribution < 1.29 is 28.6 Å². The molecule has 0 saturated carbocycles. The minimum atomic E-state index is -0.982. The highest BCUT2D eigenvalue weighted by atomic mass is 35.5. The Balaban J connectivity index is 1.57. The highest BCUT2D eigenvalue weighted by molar-refractivity contribution is 6.31. The Hall–Kier alpha value is -4.37. The molecule has 1 N–H and O–H groups in total. The molecule has 9 nitrogen and oxygen atoms in total. The van der Waals surface area contributed by atoms with Crippen LogP contribution in [0.3, 0.4) is 0 Å². The molecule has 1 heterocycles. The second-order valence-corrected chi connectivity index (χ2v) is 8.19. The molecule has 0 fully saturated rings. The third kappa shape index (κ3) is 5.31. The molecule has 36 heavy (non-hydrogen) atoms. The Morgan fingerprint density at radius 2 is 1.75 bits per heavy atom. The molecule has 3 aromatic rings. The number of hydrogen-bond acceptors (Lipinski definition) is 7. The largest absolute Gasteiger partial charge is 0.493 e. The molecule has 1 atom stereocenters. The first kappa shape index (κ1) is 24.7. The standard InChI is InChI=1S/C26H22ClN3O6/c1-15(31)30-26(21-8-5-9-22(34-3)23(21)35-16(2)32)36-25(29-30)17-10-12-20(13-11-17)28-24(33)18-6-4-7-19(27)14-18/h4-14,26H,1-3H3,(H,28,33). The van der Waals surface area contributed by atoms with E-state index in [9.17, 15) is 14.4 Å². The summed E-state index contributed by atoms with van der Waals surface area (Å²) < 4.78 is 16.7. The number of anilines is 1. The van der Waals surface area contributed by atoms with E-state index >= 15 is 0 Å². The van der Waals surface area contributed by atoms with E-state index in [1.165, 1.54) is 21.0 Å². The van der Waals surface area contributed by atoms with Crippen molar-refractivity contribution in [1.29, 1.82) is 0 Å². The van der Waals surface area contributed by atoms with E-state index in [4.69, 9.17) is 25.8 Å². The molecule has 0 bridgehead atoms. The van der Waals surface area contributed by atoms with Gasteiger partial charge in [-0.05, 0) is 54.6 Å². The maximum absolute atomic E-state index is 12.5. The van der Waals surface area contributed by atoms with Gasteiger partial charge >= 0.3 is 5.97 Å². The molecule has 0 radical (unpaired) electrons. The molecule has 3 aromatic carbocycles. The predicted molar refractivity (Wildman–Crippen MR) is 133 cm³/mol. The van der Waals surface area contributed by atoms with Crippen molar-refractivity contribution in [3.8, 4) is 11.5 Å². The van der Waals surface area contributed by atoms with Gasteiger partial charge in [-0.2, -0.15) is 5.01 Å². The van der Waals surface area contributed by atoms with E-state index < -0.39 is 12.2 Å². The number of hydrogen-bond donors (Lipinski definition) is 1. The van der Waals surface area contributed by atoms with Gasteiger partial charge in [-0.25, -0.2) is 0 Å².